The van der Waals surface area contributed by atoms with Crippen molar-refractivity contribution in [1.29, 1.82) is 0 Å². The molecule has 0 saturated heterocycles. The molecule has 0 aromatic rings. The van der Waals surface area contributed by atoms with E-state index in [1.165, 1.54) is 19.3 Å². The first-order valence-corrected chi connectivity index (χ1v) is 6.28. The highest BCUT2D eigenvalue weighted by Gasteiger charge is 2.31. The van der Waals surface area contributed by atoms with Crippen LogP contribution < -0.4 is 0 Å². The van der Waals surface area contributed by atoms with E-state index in [9.17, 15) is 0 Å². The smallest absolute Gasteiger partial charge is 0.114 e. The second-order valence-corrected chi connectivity index (χ2v) is 5.11. The van der Waals surface area contributed by atoms with Gasteiger partial charge in [-0.25, -0.2) is 0 Å². The fraction of sp³-hybridized carbons (Fsp3) is 0.857. The number of ether oxygens (including phenoxy) is 1. The molecule has 0 unspecified atom stereocenters. The molecule has 0 bridgehead atoms. The zero-order valence-corrected chi connectivity index (χ0v) is 10.5. The SMILES string of the molecule is CCC#CO[C@@H]1C[C@H](C)CC[C@H]1C(C)C. The van der Waals surface area contributed by atoms with Crippen LogP contribution in [0.5, 0.6) is 0 Å². The summed E-state index contributed by atoms with van der Waals surface area (Å²) in [6, 6.07) is 0. The summed E-state index contributed by atoms with van der Waals surface area (Å²) in [4.78, 5) is 0. The Morgan fingerprint density at radius 2 is 2.07 bits per heavy atom. The van der Waals surface area contributed by atoms with Gasteiger partial charge >= 0.3 is 0 Å². The van der Waals surface area contributed by atoms with Gasteiger partial charge in [-0.2, -0.15) is 0 Å². The van der Waals surface area contributed by atoms with Gasteiger partial charge in [-0.15, -0.1) is 0 Å². The molecule has 15 heavy (non-hydrogen) atoms. The van der Waals surface area contributed by atoms with Crippen LogP contribution in [0.1, 0.15) is 53.4 Å². The minimum atomic E-state index is 0.368. The van der Waals surface area contributed by atoms with E-state index in [4.69, 9.17) is 4.74 Å². The van der Waals surface area contributed by atoms with Gasteiger partial charge in [-0.05, 0) is 30.6 Å². The summed E-state index contributed by atoms with van der Waals surface area (Å²) in [7, 11) is 0. The monoisotopic (exact) mass is 208 g/mol. The topological polar surface area (TPSA) is 9.23 Å². The van der Waals surface area contributed by atoms with Crippen molar-refractivity contribution in [2.45, 2.75) is 59.5 Å². The van der Waals surface area contributed by atoms with Gasteiger partial charge in [0.25, 0.3) is 0 Å². The third-order valence-electron chi connectivity index (χ3n) is 3.42. The molecule has 1 fully saturated rings. The minimum absolute atomic E-state index is 0.368. The van der Waals surface area contributed by atoms with E-state index < -0.39 is 0 Å². The largest absolute Gasteiger partial charge is 0.443 e. The van der Waals surface area contributed by atoms with E-state index in [2.05, 4.69) is 39.7 Å². The number of rotatable bonds is 2. The maximum absolute atomic E-state index is 5.71. The van der Waals surface area contributed by atoms with Gasteiger partial charge in [0.1, 0.15) is 12.2 Å². The summed E-state index contributed by atoms with van der Waals surface area (Å²) in [6.45, 7) is 8.97. The lowest BCUT2D eigenvalue weighted by atomic mass is 9.75. The van der Waals surface area contributed by atoms with Crippen molar-refractivity contribution in [1.82, 2.24) is 0 Å². The van der Waals surface area contributed by atoms with Crippen LogP contribution in [0, 0.1) is 29.8 Å². The molecule has 0 aromatic carbocycles. The van der Waals surface area contributed by atoms with Crippen molar-refractivity contribution in [3.05, 3.63) is 0 Å². The Kier molecular flexibility index (Phi) is 5.02. The molecule has 0 aliphatic heterocycles. The molecule has 1 rings (SSSR count). The van der Waals surface area contributed by atoms with E-state index in [1.54, 1.807) is 0 Å². The first-order chi connectivity index (χ1) is 7.15. The summed E-state index contributed by atoms with van der Waals surface area (Å²) in [5.74, 6) is 5.21. The van der Waals surface area contributed by atoms with Gasteiger partial charge in [0.05, 0.1) is 0 Å². The molecule has 0 heterocycles. The average molecular weight is 208 g/mol. The highest BCUT2D eigenvalue weighted by molar-refractivity contribution is 4.92. The predicted octanol–water partition coefficient (Wildman–Crippen LogP) is 3.83. The summed E-state index contributed by atoms with van der Waals surface area (Å²) in [6.07, 6.45) is 7.95. The number of hydrogen-bond donors (Lipinski definition) is 0. The van der Waals surface area contributed by atoms with Gasteiger partial charge in [0, 0.05) is 6.42 Å². The molecule has 1 aliphatic carbocycles. The van der Waals surface area contributed by atoms with Crippen molar-refractivity contribution in [3.63, 3.8) is 0 Å². The minimum Gasteiger partial charge on any atom is -0.443 e. The highest BCUT2D eigenvalue weighted by atomic mass is 16.5. The summed E-state index contributed by atoms with van der Waals surface area (Å²) >= 11 is 0. The van der Waals surface area contributed by atoms with Gasteiger partial charge < -0.3 is 4.74 Å². The Labute approximate surface area is 94.6 Å². The van der Waals surface area contributed by atoms with Crippen molar-refractivity contribution in [3.8, 4) is 12.0 Å². The maximum atomic E-state index is 5.71. The maximum Gasteiger partial charge on any atom is 0.114 e. The number of hydrogen-bond acceptors (Lipinski definition) is 1. The van der Waals surface area contributed by atoms with E-state index in [-0.39, 0.29) is 0 Å². The summed E-state index contributed by atoms with van der Waals surface area (Å²) in [5, 5.41) is 0. The third kappa shape index (κ3) is 3.78. The lowest BCUT2D eigenvalue weighted by Gasteiger charge is -2.35. The van der Waals surface area contributed by atoms with Gasteiger partial charge in [0.15, 0.2) is 0 Å². The van der Waals surface area contributed by atoms with Crippen molar-refractivity contribution in [2.75, 3.05) is 0 Å². The van der Waals surface area contributed by atoms with Gasteiger partial charge in [-0.1, -0.05) is 40.0 Å². The molecular weight excluding hydrogens is 184 g/mol. The first kappa shape index (κ1) is 12.4. The van der Waals surface area contributed by atoms with Crippen LogP contribution in [0.15, 0.2) is 0 Å². The Hall–Kier alpha value is -0.640. The Bertz CT molecular complexity index is 233. The molecule has 1 nitrogen and oxygen atoms in total. The molecule has 0 N–H and O–H groups in total. The molecule has 86 valence electrons. The average Bonchev–Trinajstić information content (AvgIpc) is 2.18. The summed E-state index contributed by atoms with van der Waals surface area (Å²) < 4.78 is 5.71. The molecule has 0 aromatic heterocycles. The van der Waals surface area contributed by atoms with E-state index in [0.29, 0.717) is 17.9 Å². The molecule has 1 aliphatic rings. The quantitative estimate of drug-likeness (QED) is 0.627. The van der Waals surface area contributed by atoms with E-state index >= 15 is 0 Å². The van der Waals surface area contributed by atoms with Gasteiger partial charge in [0.2, 0.25) is 0 Å². The van der Waals surface area contributed by atoms with Crippen LogP contribution in [0.3, 0.4) is 0 Å². The Morgan fingerprint density at radius 3 is 2.67 bits per heavy atom. The standard InChI is InChI=1S/C14H24O/c1-5-6-9-15-14-10-12(4)7-8-13(14)11(2)3/h11-14H,5,7-8,10H2,1-4H3/t12-,13+,14-/m1/s1. The van der Waals surface area contributed by atoms with Crippen LogP contribution in [-0.4, -0.2) is 6.10 Å². The molecule has 0 radical (unpaired) electrons. The first-order valence-electron chi connectivity index (χ1n) is 6.28. The fourth-order valence-electron chi connectivity index (χ4n) is 2.44. The molecule has 3 atom stereocenters. The zero-order chi connectivity index (χ0) is 11.3. The fourth-order valence-corrected chi connectivity index (χ4v) is 2.44. The molecule has 1 heteroatoms. The van der Waals surface area contributed by atoms with Crippen LogP contribution in [-0.2, 0) is 4.74 Å². The van der Waals surface area contributed by atoms with E-state index in [1.807, 2.05) is 0 Å². The molecule has 0 amide bonds. The lowest BCUT2D eigenvalue weighted by molar-refractivity contribution is 0.0251. The van der Waals surface area contributed by atoms with Gasteiger partial charge in [-0.3, -0.25) is 0 Å². The Balaban J connectivity index is 2.54. The zero-order valence-electron chi connectivity index (χ0n) is 10.5. The van der Waals surface area contributed by atoms with E-state index in [0.717, 1.165) is 12.3 Å². The summed E-state index contributed by atoms with van der Waals surface area (Å²) in [5.41, 5.74) is 0. The second-order valence-electron chi connectivity index (χ2n) is 5.11. The molecule has 0 spiro atoms. The lowest BCUT2D eigenvalue weighted by Crippen LogP contribution is -2.33. The van der Waals surface area contributed by atoms with Crippen molar-refractivity contribution < 1.29 is 4.74 Å². The third-order valence-corrected chi connectivity index (χ3v) is 3.42. The van der Waals surface area contributed by atoms with Crippen LogP contribution in [0.25, 0.3) is 0 Å². The normalized spacial score (nSPS) is 30.9. The van der Waals surface area contributed by atoms with Crippen LogP contribution in [0.2, 0.25) is 0 Å². The van der Waals surface area contributed by atoms with Crippen LogP contribution in [0.4, 0.5) is 0 Å². The Morgan fingerprint density at radius 1 is 1.33 bits per heavy atom. The highest BCUT2D eigenvalue weighted by Crippen LogP contribution is 2.35. The van der Waals surface area contributed by atoms with Crippen molar-refractivity contribution in [2.24, 2.45) is 17.8 Å². The predicted molar refractivity (Wildman–Crippen MR) is 64.3 cm³/mol. The molecular formula is C14H24O. The second kappa shape index (κ2) is 6.05. The van der Waals surface area contributed by atoms with Crippen LogP contribution >= 0.6 is 0 Å². The molecule has 1 saturated carbocycles. The van der Waals surface area contributed by atoms with Crippen molar-refractivity contribution >= 4 is 0 Å².